The quantitative estimate of drug-likeness (QED) is 0.293. The van der Waals surface area contributed by atoms with E-state index in [-0.39, 0.29) is 0 Å². The highest BCUT2D eigenvalue weighted by molar-refractivity contribution is 5.08. The average Bonchev–Trinajstić information content (AvgIpc) is 3.79. The Hall–Kier alpha value is -0.230. The van der Waals surface area contributed by atoms with Crippen molar-refractivity contribution in [2.24, 2.45) is 65.1 Å². The van der Waals surface area contributed by atoms with E-state index in [1.54, 1.807) is 38.5 Å². The molecule has 0 aromatic rings. The second-order valence-corrected chi connectivity index (χ2v) is 22.8. The molecule has 310 valence electrons. The third kappa shape index (κ3) is 7.27. The van der Waals surface area contributed by atoms with Crippen LogP contribution < -0.4 is 10.6 Å². The van der Waals surface area contributed by atoms with Crippen molar-refractivity contribution in [2.75, 3.05) is 0 Å². The van der Waals surface area contributed by atoms with Crippen LogP contribution in [0, 0.1) is 65.1 Å². The number of hydrogen-bond acceptors (Lipinski definition) is 4. The molecule has 8 saturated carbocycles. The van der Waals surface area contributed by atoms with Gasteiger partial charge in [0, 0.05) is 30.2 Å². The highest BCUT2D eigenvalue weighted by atomic mass is 19.1. The molecule has 5 heteroatoms. The summed E-state index contributed by atoms with van der Waals surface area (Å²) in [6.45, 7) is 0. The molecule has 0 spiro atoms. The molecule has 3 aliphatic heterocycles. The molecular formula is C50H82FN3O. The molecule has 3 saturated heterocycles. The van der Waals surface area contributed by atoms with Gasteiger partial charge in [-0.05, 0) is 219 Å². The monoisotopic (exact) mass is 760 g/mol. The molecule has 0 radical (unpaired) electrons. The van der Waals surface area contributed by atoms with Gasteiger partial charge in [0.25, 0.3) is 0 Å². The Morgan fingerprint density at radius 3 is 1.75 bits per heavy atom. The van der Waals surface area contributed by atoms with E-state index in [1.807, 2.05) is 0 Å². The Bertz CT molecular complexity index is 1270. The third-order valence-corrected chi connectivity index (χ3v) is 20.6. The van der Waals surface area contributed by atoms with Crippen molar-refractivity contribution < 1.29 is 9.13 Å². The Labute approximate surface area is 336 Å². The molecular weight excluding hydrogens is 678 g/mol. The van der Waals surface area contributed by atoms with E-state index >= 15 is 0 Å². The van der Waals surface area contributed by atoms with Gasteiger partial charge in [-0.3, -0.25) is 15.5 Å². The average molecular weight is 760 g/mol. The summed E-state index contributed by atoms with van der Waals surface area (Å²) < 4.78 is 20.9. The van der Waals surface area contributed by atoms with Gasteiger partial charge in [-0.1, -0.05) is 38.5 Å². The minimum absolute atomic E-state index is 0.490. The van der Waals surface area contributed by atoms with Gasteiger partial charge in [-0.25, -0.2) is 4.39 Å². The number of ether oxygens (including phenoxy) is 1. The smallest absolute Gasteiger partial charge is 0.100 e. The minimum Gasteiger partial charge on any atom is -0.374 e. The zero-order chi connectivity index (χ0) is 36.5. The summed E-state index contributed by atoms with van der Waals surface area (Å²) in [5.74, 6) is 10.2. The zero-order valence-corrected chi connectivity index (χ0v) is 35.0. The Kier molecular flexibility index (Phi) is 11.2. The van der Waals surface area contributed by atoms with Crippen LogP contribution in [0.25, 0.3) is 0 Å². The minimum atomic E-state index is -0.540. The number of nitrogens with zero attached hydrogens (tertiary/aromatic N) is 1. The van der Waals surface area contributed by atoms with Crippen LogP contribution in [0.1, 0.15) is 193 Å². The van der Waals surface area contributed by atoms with Crippen molar-refractivity contribution in [1.82, 2.24) is 15.5 Å². The zero-order valence-electron chi connectivity index (χ0n) is 35.0. The molecule has 0 bridgehead atoms. The first-order valence-electron chi connectivity index (χ1n) is 25.7. The van der Waals surface area contributed by atoms with E-state index in [2.05, 4.69) is 15.5 Å². The van der Waals surface area contributed by atoms with E-state index in [9.17, 15) is 4.39 Å². The van der Waals surface area contributed by atoms with E-state index in [0.29, 0.717) is 36.4 Å². The lowest BCUT2D eigenvalue weighted by Gasteiger charge is -2.52. The predicted molar refractivity (Wildman–Crippen MR) is 221 cm³/mol. The maximum absolute atomic E-state index is 14.2. The summed E-state index contributed by atoms with van der Waals surface area (Å²) in [6, 6.07) is 3.97. The van der Waals surface area contributed by atoms with Gasteiger partial charge in [0.15, 0.2) is 0 Å². The van der Waals surface area contributed by atoms with Crippen LogP contribution in [-0.2, 0) is 4.74 Å². The van der Waals surface area contributed by atoms with Crippen LogP contribution in [0.2, 0.25) is 0 Å². The highest BCUT2D eigenvalue weighted by Crippen LogP contribution is 2.56. The molecule has 3 heterocycles. The summed E-state index contributed by atoms with van der Waals surface area (Å²) >= 11 is 0. The number of likely N-dealkylation sites (tertiary alicyclic amines) is 1. The lowest BCUT2D eigenvalue weighted by molar-refractivity contribution is -0.00760. The van der Waals surface area contributed by atoms with Crippen molar-refractivity contribution in [3.05, 3.63) is 0 Å². The van der Waals surface area contributed by atoms with Crippen LogP contribution in [0.4, 0.5) is 4.39 Å². The molecule has 4 nitrogen and oxygen atoms in total. The molecule has 0 aromatic carbocycles. The molecule has 11 fully saturated rings. The van der Waals surface area contributed by atoms with Crippen molar-refractivity contribution in [1.29, 1.82) is 0 Å². The molecule has 0 aromatic heterocycles. The van der Waals surface area contributed by atoms with Crippen LogP contribution >= 0.6 is 0 Å². The largest absolute Gasteiger partial charge is 0.374 e. The Morgan fingerprint density at radius 2 is 0.964 bits per heavy atom. The number of alkyl halides is 1. The van der Waals surface area contributed by atoms with Crippen LogP contribution in [0.3, 0.4) is 0 Å². The maximum Gasteiger partial charge on any atom is 0.100 e. The summed E-state index contributed by atoms with van der Waals surface area (Å²) in [7, 11) is 0. The van der Waals surface area contributed by atoms with Crippen molar-refractivity contribution in [3.63, 3.8) is 0 Å². The number of rotatable bonds is 5. The summed E-state index contributed by atoms with van der Waals surface area (Å²) in [5, 5.41) is 8.56. The second kappa shape index (κ2) is 16.3. The second-order valence-electron chi connectivity index (χ2n) is 22.8. The van der Waals surface area contributed by atoms with Gasteiger partial charge in [-0.15, -0.1) is 0 Å². The van der Waals surface area contributed by atoms with Crippen molar-refractivity contribution in [3.8, 4) is 0 Å². The summed E-state index contributed by atoms with van der Waals surface area (Å²) in [5.41, 5.74) is 0. The fourth-order valence-corrected chi connectivity index (χ4v) is 18.0. The van der Waals surface area contributed by atoms with Crippen LogP contribution in [0.15, 0.2) is 0 Å². The first-order chi connectivity index (χ1) is 27.1. The molecule has 55 heavy (non-hydrogen) atoms. The lowest BCUT2D eigenvalue weighted by Crippen LogP contribution is -2.68. The van der Waals surface area contributed by atoms with E-state index in [1.165, 1.54) is 128 Å². The van der Waals surface area contributed by atoms with Gasteiger partial charge < -0.3 is 4.74 Å². The topological polar surface area (TPSA) is 36.5 Å². The van der Waals surface area contributed by atoms with Gasteiger partial charge in [-0.2, -0.15) is 0 Å². The third-order valence-electron chi connectivity index (χ3n) is 20.6. The SMILES string of the molecule is FC1CCC(C2NC(C3CCC(N4C5CCCCC5C5CC(C6CCC(C7CCC8OC9CCCCC9C8C7)CC6)CCC54)CC3)NC3CCCCC32)CC1. The van der Waals surface area contributed by atoms with E-state index < -0.39 is 6.17 Å². The number of nitrogens with one attached hydrogen (secondary N) is 2. The number of hydrogen-bond donors (Lipinski definition) is 2. The highest BCUT2D eigenvalue weighted by Gasteiger charge is 2.55. The number of fused-ring (bicyclic) bond motifs is 7. The Balaban J connectivity index is 0.698. The number of halogens is 1. The molecule has 11 aliphatic rings. The van der Waals surface area contributed by atoms with Crippen LogP contribution in [-0.4, -0.2) is 59.7 Å². The standard InChI is InChI=1S/C50H82FN3O/c51-37-23-17-33(18-24-37)49-41-9-1-4-10-44(41)52-50(53-49)34-19-25-38(26-20-34)54-45-11-5-2-7-39(45)42-29-35(21-27-46(42)54)31-13-15-32(16-14-31)36-22-28-48-43(30-36)40-8-3-6-12-47(40)55-48/h31-50,52-53H,1-30H2. The Morgan fingerprint density at radius 1 is 0.400 bits per heavy atom. The molecule has 14 unspecified atom stereocenters. The first kappa shape index (κ1) is 37.7. The van der Waals surface area contributed by atoms with Gasteiger partial charge in [0.2, 0.25) is 0 Å². The van der Waals surface area contributed by atoms with Crippen LogP contribution in [0.5, 0.6) is 0 Å². The van der Waals surface area contributed by atoms with E-state index in [0.717, 1.165) is 103 Å². The van der Waals surface area contributed by atoms with Crippen molar-refractivity contribution in [2.45, 2.75) is 247 Å². The molecule has 8 aliphatic carbocycles. The molecule has 14 atom stereocenters. The summed E-state index contributed by atoms with van der Waals surface area (Å²) in [4.78, 5) is 3.27. The van der Waals surface area contributed by atoms with Crippen molar-refractivity contribution >= 4 is 0 Å². The maximum atomic E-state index is 14.2. The lowest BCUT2D eigenvalue weighted by atomic mass is 9.61. The van der Waals surface area contributed by atoms with Gasteiger partial charge in [0.1, 0.15) is 6.17 Å². The fraction of sp³-hybridized carbons (Fsp3) is 1.00. The molecule has 2 N–H and O–H groups in total. The predicted octanol–water partition coefficient (Wildman–Crippen LogP) is 11.4. The first-order valence-corrected chi connectivity index (χ1v) is 25.7. The molecule has 11 rings (SSSR count). The molecule has 0 amide bonds. The van der Waals surface area contributed by atoms with E-state index in [4.69, 9.17) is 4.74 Å². The van der Waals surface area contributed by atoms with Gasteiger partial charge >= 0.3 is 0 Å². The summed E-state index contributed by atoms with van der Waals surface area (Å²) in [6.07, 6.45) is 43.3. The van der Waals surface area contributed by atoms with Gasteiger partial charge in [0.05, 0.1) is 18.4 Å². The fourth-order valence-electron chi connectivity index (χ4n) is 18.0. The normalized spacial score (nSPS) is 54.7.